The molecule has 1 saturated heterocycles. The standard InChI is InChI=1S/C26H27ClN4O/c1-17-6-8-19(9-7-17)20-14-23-25(24(32)15-20)18(2)28-26(29-23)31-12-10-30(11-13-31)22-5-3-4-21(27)16-22/h3-9,16,20H,10-15H2,1-2H3/t20-/m1/s1. The molecule has 164 valence electrons. The number of halogens is 1. The molecule has 2 aliphatic rings. The number of anilines is 2. The first-order chi connectivity index (χ1) is 15.5. The molecule has 5 rings (SSSR count). The Kier molecular flexibility index (Phi) is 5.60. The number of aromatic nitrogens is 2. The maximum Gasteiger partial charge on any atom is 0.225 e. The summed E-state index contributed by atoms with van der Waals surface area (Å²) in [5.41, 5.74) is 6.01. The molecule has 0 radical (unpaired) electrons. The van der Waals surface area contributed by atoms with Crippen molar-refractivity contribution in [3.05, 3.63) is 81.6 Å². The van der Waals surface area contributed by atoms with E-state index in [0.717, 1.165) is 66.2 Å². The van der Waals surface area contributed by atoms with E-state index in [2.05, 4.69) is 47.1 Å². The molecular weight excluding hydrogens is 420 g/mol. The van der Waals surface area contributed by atoms with E-state index in [1.807, 2.05) is 25.1 Å². The third kappa shape index (κ3) is 4.09. The fourth-order valence-corrected chi connectivity index (χ4v) is 5.00. The van der Waals surface area contributed by atoms with Crippen LogP contribution in [-0.2, 0) is 6.42 Å². The molecule has 6 heteroatoms. The van der Waals surface area contributed by atoms with E-state index in [1.165, 1.54) is 11.1 Å². The lowest BCUT2D eigenvalue weighted by Gasteiger charge is -2.36. The van der Waals surface area contributed by atoms with Crippen LogP contribution in [0.5, 0.6) is 0 Å². The van der Waals surface area contributed by atoms with Crippen LogP contribution in [0.3, 0.4) is 0 Å². The molecule has 1 atom stereocenters. The number of aryl methyl sites for hydroxylation is 2. The molecule has 32 heavy (non-hydrogen) atoms. The van der Waals surface area contributed by atoms with Gasteiger partial charge in [-0.05, 0) is 49.9 Å². The lowest BCUT2D eigenvalue weighted by molar-refractivity contribution is 0.0962. The second-order valence-electron chi connectivity index (χ2n) is 8.82. The van der Waals surface area contributed by atoms with Gasteiger partial charge in [0.1, 0.15) is 0 Å². The zero-order chi connectivity index (χ0) is 22.2. The Morgan fingerprint density at radius 3 is 2.34 bits per heavy atom. The first-order valence-electron chi connectivity index (χ1n) is 11.2. The van der Waals surface area contributed by atoms with Gasteiger partial charge in [-0.1, -0.05) is 47.5 Å². The number of carbonyl (C=O) groups excluding carboxylic acids is 1. The van der Waals surface area contributed by atoms with Crippen molar-refractivity contribution < 1.29 is 4.79 Å². The molecule has 3 aromatic rings. The number of ketones is 1. The summed E-state index contributed by atoms with van der Waals surface area (Å²) < 4.78 is 0. The molecule has 0 N–H and O–H groups in total. The number of Topliss-reactive ketones (excluding diaryl/α,β-unsaturated/α-hetero) is 1. The van der Waals surface area contributed by atoms with Gasteiger partial charge in [-0.15, -0.1) is 0 Å². The lowest BCUT2D eigenvalue weighted by atomic mass is 9.81. The summed E-state index contributed by atoms with van der Waals surface area (Å²) in [5.74, 6) is 1.08. The van der Waals surface area contributed by atoms with Crippen LogP contribution < -0.4 is 9.80 Å². The molecule has 1 aliphatic heterocycles. The molecule has 0 amide bonds. The van der Waals surface area contributed by atoms with Crippen LogP contribution in [-0.4, -0.2) is 41.9 Å². The number of hydrogen-bond donors (Lipinski definition) is 0. The van der Waals surface area contributed by atoms with Crippen LogP contribution >= 0.6 is 11.6 Å². The van der Waals surface area contributed by atoms with Gasteiger partial charge in [-0.25, -0.2) is 9.97 Å². The average Bonchev–Trinajstić information content (AvgIpc) is 2.79. The minimum absolute atomic E-state index is 0.159. The van der Waals surface area contributed by atoms with Crippen LogP contribution in [0.4, 0.5) is 11.6 Å². The van der Waals surface area contributed by atoms with E-state index in [-0.39, 0.29) is 11.7 Å². The third-order valence-corrected chi connectivity index (χ3v) is 6.82. The predicted octanol–water partition coefficient (Wildman–Crippen LogP) is 4.99. The van der Waals surface area contributed by atoms with Crippen molar-refractivity contribution in [2.75, 3.05) is 36.0 Å². The fraction of sp³-hybridized carbons (Fsp3) is 0.346. The summed E-state index contributed by atoms with van der Waals surface area (Å²) in [6, 6.07) is 16.5. The molecule has 0 saturated carbocycles. The Morgan fingerprint density at radius 1 is 0.906 bits per heavy atom. The van der Waals surface area contributed by atoms with Crippen molar-refractivity contribution in [1.29, 1.82) is 0 Å². The minimum atomic E-state index is 0.159. The second-order valence-corrected chi connectivity index (χ2v) is 9.26. The number of piperazine rings is 1. The second kappa shape index (κ2) is 8.55. The molecule has 1 fully saturated rings. The monoisotopic (exact) mass is 446 g/mol. The smallest absolute Gasteiger partial charge is 0.225 e. The van der Waals surface area contributed by atoms with Gasteiger partial charge in [0.25, 0.3) is 0 Å². The van der Waals surface area contributed by atoms with E-state index in [4.69, 9.17) is 21.6 Å². The summed E-state index contributed by atoms with van der Waals surface area (Å²) in [5, 5.41) is 0.756. The van der Waals surface area contributed by atoms with Crippen LogP contribution in [0.1, 0.15) is 45.2 Å². The van der Waals surface area contributed by atoms with Crippen LogP contribution in [0.2, 0.25) is 5.02 Å². The molecular formula is C26H27ClN4O. The number of rotatable bonds is 3. The van der Waals surface area contributed by atoms with E-state index >= 15 is 0 Å². The van der Waals surface area contributed by atoms with Gasteiger partial charge in [-0.3, -0.25) is 4.79 Å². The summed E-state index contributed by atoms with van der Waals surface area (Å²) in [7, 11) is 0. The summed E-state index contributed by atoms with van der Waals surface area (Å²) in [6.45, 7) is 7.45. The van der Waals surface area contributed by atoms with Gasteiger partial charge in [0.15, 0.2) is 5.78 Å². The Hall–Kier alpha value is -2.92. The first-order valence-corrected chi connectivity index (χ1v) is 11.6. The SMILES string of the molecule is Cc1ccc([C@H]2CC(=O)c3c(C)nc(N4CCN(c5cccc(Cl)c5)CC4)nc3C2)cc1. The molecule has 2 aromatic carbocycles. The zero-order valence-electron chi connectivity index (χ0n) is 18.5. The van der Waals surface area contributed by atoms with E-state index in [9.17, 15) is 4.79 Å². The number of fused-ring (bicyclic) bond motifs is 1. The van der Waals surface area contributed by atoms with Gasteiger partial charge < -0.3 is 9.80 Å². The van der Waals surface area contributed by atoms with Gasteiger partial charge in [0, 0.05) is 43.3 Å². The summed E-state index contributed by atoms with van der Waals surface area (Å²) >= 11 is 6.16. The van der Waals surface area contributed by atoms with E-state index < -0.39 is 0 Å². The van der Waals surface area contributed by atoms with Gasteiger partial charge in [0.05, 0.1) is 17.0 Å². The molecule has 2 heterocycles. The quantitative estimate of drug-likeness (QED) is 0.567. The normalized spacial score (nSPS) is 18.6. The Balaban J connectivity index is 1.36. The van der Waals surface area contributed by atoms with Crippen molar-refractivity contribution in [1.82, 2.24) is 9.97 Å². The summed E-state index contributed by atoms with van der Waals surface area (Å²) in [4.78, 5) is 27.2. The lowest BCUT2D eigenvalue weighted by Crippen LogP contribution is -2.47. The van der Waals surface area contributed by atoms with E-state index in [0.29, 0.717) is 6.42 Å². The molecule has 1 aromatic heterocycles. The Labute approximate surface area is 194 Å². The molecule has 5 nitrogen and oxygen atoms in total. The van der Waals surface area contributed by atoms with Gasteiger partial charge in [-0.2, -0.15) is 0 Å². The van der Waals surface area contributed by atoms with Gasteiger partial charge in [0.2, 0.25) is 5.95 Å². The molecule has 0 bridgehead atoms. The number of benzene rings is 2. The van der Waals surface area contributed by atoms with Crippen LogP contribution in [0.25, 0.3) is 0 Å². The van der Waals surface area contributed by atoms with Crippen molar-refractivity contribution in [2.45, 2.75) is 32.6 Å². The number of nitrogens with zero attached hydrogens (tertiary/aromatic N) is 4. The fourth-order valence-electron chi connectivity index (χ4n) is 4.81. The topological polar surface area (TPSA) is 49.3 Å². The highest BCUT2D eigenvalue weighted by Crippen LogP contribution is 2.34. The van der Waals surface area contributed by atoms with Crippen molar-refractivity contribution in [3.8, 4) is 0 Å². The van der Waals surface area contributed by atoms with E-state index in [1.54, 1.807) is 0 Å². The number of carbonyl (C=O) groups is 1. The third-order valence-electron chi connectivity index (χ3n) is 6.59. The van der Waals surface area contributed by atoms with Crippen LogP contribution in [0, 0.1) is 13.8 Å². The molecule has 0 spiro atoms. The maximum absolute atomic E-state index is 13.0. The number of hydrogen-bond acceptors (Lipinski definition) is 5. The van der Waals surface area contributed by atoms with Crippen LogP contribution in [0.15, 0.2) is 48.5 Å². The van der Waals surface area contributed by atoms with Crippen molar-refractivity contribution in [3.63, 3.8) is 0 Å². The zero-order valence-corrected chi connectivity index (χ0v) is 19.3. The molecule has 0 unspecified atom stereocenters. The highest BCUT2D eigenvalue weighted by Gasteiger charge is 2.31. The maximum atomic E-state index is 13.0. The Morgan fingerprint density at radius 2 is 1.62 bits per heavy atom. The van der Waals surface area contributed by atoms with Gasteiger partial charge >= 0.3 is 0 Å². The summed E-state index contributed by atoms with van der Waals surface area (Å²) in [6.07, 6.45) is 1.31. The average molecular weight is 447 g/mol. The highest BCUT2D eigenvalue weighted by molar-refractivity contribution is 6.30. The van der Waals surface area contributed by atoms with Crippen molar-refractivity contribution in [2.24, 2.45) is 0 Å². The van der Waals surface area contributed by atoms with Crippen molar-refractivity contribution >= 4 is 29.0 Å². The molecule has 1 aliphatic carbocycles. The first kappa shape index (κ1) is 21.0. The Bertz CT molecular complexity index is 1150. The predicted molar refractivity (Wildman–Crippen MR) is 129 cm³/mol. The largest absolute Gasteiger partial charge is 0.368 e. The highest BCUT2D eigenvalue weighted by atomic mass is 35.5. The minimum Gasteiger partial charge on any atom is -0.368 e.